The van der Waals surface area contributed by atoms with Gasteiger partial charge in [0.05, 0.1) is 31.5 Å². The van der Waals surface area contributed by atoms with Crippen LogP contribution in [0.15, 0.2) is 23.3 Å². The average Bonchev–Trinajstić information content (AvgIpc) is 3.34. The number of hydrogen-bond acceptors (Lipinski definition) is 12. The molecule has 7 N–H and O–H groups in total. The van der Waals surface area contributed by atoms with Crippen LogP contribution in [0.25, 0.3) is 0 Å². The Morgan fingerprint density at radius 3 is 2.22 bits per heavy atom. The number of hydrogen-bond donors (Lipinski definition) is 7. The molecule has 6 aliphatic rings. The molecule has 2 aliphatic heterocycles. The molecule has 4 aliphatic carbocycles. The highest BCUT2D eigenvalue weighted by atomic mass is 16.7. The summed E-state index contributed by atoms with van der Waals surface area (Å²) in [4.78, 5) is 0. The SMILES string of the molecule is CO[C@H]1C=C2[C@@H](CC[C@H](O[C@@H]3OC[C@@H](O)[C@H](O)[C@H]3O)C2(C)C)[C@]2(C)CC[C@]3(C)[C@@H]([C@H](C)CCC=C(C)C)[C@@H](O[C@@H]4O[C@H](CO)[C@@H](O)[C@H](O)[C@H]4O)C[C@@]3(C)[C@H]12. The molecule has 12 heteroatoms. The fraction of sp³-hybridized carbons (Fsp3) is 0.905. The number of allylic oxidation sites excluding steroid dienone is 2. The molecule has 2 saturated heterocycles. The van der Waals surface area contributed by atoms with Crippen LogP contribution in [0.3, 0.4) is 0 Å². The molecule has 19 atom stereocenters. The fourth-order valence-electron chi connectivity index (χ4n) is 12.6. The second kappa shape index (κ2) is 15.6. The Kier molecular flexibility index (Phi) is 12.3. The predicted octanol–water partition coefficient (Wildman–Crippen LogP) is 3.22. The van der Waals surface area contributed by atoms with E-state index in [1.807, 2.05) is 0 Å². The lowest BCUT2D eigenvalue weighted by molar-refractivity contribution is -0.315. The second-order valence-electron chi connectivity index (χ2n) is 19.3. The molecule has 0 bridgehead atoms. The lowest BCUT2D eigenvalue weighted by Crippen LogP contribution is -2.63. The number of rotatable bonds is 10. The Hall–Kier alpha value is -1.00. The molecule has 0 unspecified atom stereocenters. The summed E-state index contributed by atoms with van der Waals surface area (Å²) in [5.74, 6) is 0.704. The molecule has 54 heavy (non-hydrogen) atoms. The van der Waals surface area contributed by atoms with Gasteiger partial charge in [0.2, 0.25) is 0 Å². The lowest BCUT2D eigenvalue weighted by Gasteiger charge is -2.67. The molecule has 3 saturated carbocycles. The summed E-state index contributed by atoms with van der Waals surface area (Å²) in [7, 11) is 1.79. The largest absolute Gasteiger partial charge is 0.394 e. The van der Waals surface area contributed by atoms with Crippen molar-refractivity contribution in [2.75, 3.05) is 20.3 Å². The molecule has 0 aromatic carbocycles. The van der Waals surface area contributed by atoms with Gasteiger partial charge in [-0.3, -0.25) is 0 Å². The molecular weight excluding hydrogens is 696 g/mol. The van der Waals surface area contributed by atoms with Crippen molar-refractivity contribution < 1.29 is 59.4 Å². The van der Waals surface area contributed by atoms with E-state index in [9.17, 15) is 35.7 Å². The Labute approximate surface area is 321 Å². The second-order valence-corrected chi connectivity index (χ2v) is 19.3. The van der Waals surface area contributed by atoms with Crippen LogP contribution in [0.1, 0.15) is 100 Å². The third kappa shape index (κ3) is 6.89. The van der Waals surface area contributed by atoms with Crippen LogP contribution in [0.5, 0.6) is 0 Å². The molecule has 0 amide bonds. The van der Waals surface area contributed by atoms with E-state index >= 15 is 0 Å². The van der Waals surface area contributed by atoms with Gasteiger partial charge in [0.1, 0.15) is 42.7 Å². The third-order valence-corrected chi connectivity index (χ3v) is 15.7. The lowest BCUT2D eigenvalue weighted by atomic mass is 9.38. The maximum Gasteiger partial charge on any atom is 0.186 e. The average molecular weight is 767 g/mol. The van der Waals surface area contributed by atoms with Crippen LogP contribution in [0, 0.1) is 45.3 Å². The first-order valence-electron chi connectivity index (χ1n) is 20.4. The van der Waals surface area contributed by atoms with E-state index < -0.39 is 67.3 Å². The smallest absolute Gasteiger partial charge is 0.186 e. The van der Waals surface area contributed by atoms with Crippen LogP contribution in [-0.4, -0.2) is 130 Å². The van der Waals surface area contributed by atoms with Crippen LogP contribution in [0.2, 0.25) is 0 Å². The molecule has 12 nitrogen and oxygen atoms in total. The summed E-state index contributed by atoms with van der Waals surface area (Å²) in [5, 5.41) is 73.4. The van der Waals surface area contributed by atoms with Gasteiger partial charge in [0.15, 0.2) is 12.6 Å². The van der Waals surface area contributed by atoms with Gasteiger partial charge in [-0.05, 0) is 92.8 Å². The van der Waals surface area contributed by atoms with Gasteiger partial charge in [-0.25, -0.2) is 0 Å². The number of aliphatic hydroxyl groups excluding tert-OH is 7. The van der Waals surface area contributed by atoms with Crippen molar-refractivity contribution in [3.63, 3.8) is 0 Å². The Bertz CT molecular complexity index is 1380. The van der Waals surface area contributed by atoms with Gasteiger partial charge in [0.25, 0.3) is 0 Å². The molecule has 0 aromatic rings. The first kappa shape index (κ1) is 42.6. The first-order valence-corrected chi connectivity index (χ1v) is 20.4. The molecule has 0 aromatic heterocycles. The first-order chi connectivity index (χ1) is 25.3. The third-order valence-electron chi connectivity index (χ3n) is 15.7. The van der Waals surface area contributed by atoms with Crippen molar-refractivity contribution in [1.29, 1.82) is 0 Å². The van der Waals surface area contributed by atoms with Gasteiger partial charge in [-0.15, -0.1) is 0 Å². The number of ether oxygens (including phenoxy) is 5. The topological polar surface area (TPSA) is 188 Å². The molecule has 0 radical (unpaired) electrons. The van der Waals surface area contributed by atoms with Crippen molar-refractivity contribution >= 4 is 0 Å². The van der Waals surface area contributed by atoms with Crippen molar-refractivity contribution in [2.45, 2.75) is 174 Å². The van der Waals surface area contributed by atoms with Crippen molar-refractivity contribution in [3.8, 4) is 0 Å². The van der Waals surface area contributed by atoms with E-state index in [0.717, 1.165) is 38.5 Å². The van der Waals surface area contributed by atoms with E-state index in [-0.39, 0.29) is 64.8 Å². The van der Waals surface area contributed by atoms with Gasteiger partial charge in [-0.2, -0.15) is 0 Å². The quantitative estimate of drug-likeness (QED) is 0.161. The minimum Gasteiger partial charge on any atom is -0.394 e. The number of methoxy groups -OCH3 is 1. The molecule has 0 spiro atoms. The van der Waals surface area contributed by atoms with Gasteiger partial charge >= 0.3 is 0 Å². The van der Waals surface area contributed by atoms with E-state index in [2.05, 4.69) is 67.5 Å². The molecule has 5 fully saturated rings. The summed E-state index contributed by atoms with van der Waals surface area (Å²) in [5.41, 5.74) is 1.52. The fourth-order valence-corrected chi connectivity index (χ4v) is 12.6. The zero-order valence-corrected chi connectivity index (χ0v) is 33.9. The molecule has 2 heterocycles. The van der Waals surface area contributed by atoms with E-state index in [1.165, 1.54) is 11.1 Å². The standard InChI is InChI=1S/C42H70O12/c1-21(2)11-10-12-22(3)30-27(52-38-35(49)33(47)32(46)28(19-43)53-38)18-42(8)36-26(50-9)17-24-23(40(36,6)15-16-41(30,42)7)13-14-29(39(24,4)5)54-37-34(48)31(45)25(44)20-51-37/h11,17,22-23,25-38,43-49H,10,12-16,18-20H2,1-9H3/t22-,23-,25-,26+,27+,28-,29+,30+,31+,32-,33+,34-,35-,36-,37+,38-,40+,41-,42+/m1/s1. The molecule has 310 valence electrons. The van der Waals surface area contributed by atoms with Crippen molar-refractivity contribution in [1.82, 2.24) is 0 Å². The predicted molar refractivity (Wildman–Crippen MR) is 200 cm³/mol. The maximum absolute atomic E-state index is 11.1. The molecule has 6 rings (SSSR count). The summed E-state index contributed by atoms with van der Waals surface area (Å²) in [6.45, 7) is 17.6. The van der Waals surface area contributed by atoms with Crippen LogP contribution >= 0.6 is 0 Å². The van der Waals surface area contributed by atoms with E-state index in [0.29, 0.717) is 6.42 Å². The zero-order chi connectivity index (χ0) is 39.7. The number of aliphatic hydroxyl groups is 7. The highest BCUT2D eigenvalue weighted by molar-refractivity contribution is 5.33. The maximum atomic E-state index is 11.1. The van der Waals surface area contributed by atoms with Gasteiger partial charge < -0.3 is 59.4 Å². The van der Waals surface area contributed by atoms with Gasteiger partial charge in [-0.1, -0.05) is 64.8 Å². The minimum atomic E-state index is -1.51. The van der Waals surface area contributed by atoms with Gasteiger partial charge in [0, 0.05) is 18.4 Å². The summed E-state index contributed by atoms with van der Waals surface area (Å²) >= 11 is 0. The summed E-state index contributed by atoms with van der Waals surface area (Å²) in [6, 6.07) is 0. The molecular formula is C42H70O12. The normalized spacial score (nSPS) is 50.7. The highest BCUT2D eigenvalue weighted by Gasteiger charge is 2.72. The Morgan fingerprint density at radius 2 is 1.57 bits per heavy atom. The minimum absolute atomic E-state index is 0.0873. The monoisotopic (exact) mass is 766 g/mol. The van der Waals surface area contributed by atoms with Crippen LogP contribution in [0.4, 0.5) is 0 Å². The summed E-state index contributed by atoms with van der Waals surface area (Å²) < 4.78 is 31.4. The Balaban J connectivity index is 1.34. The highest BCUT2D eigenvalue weighted by Crippen LogP contribution is 2.75. The van der Waals surface area contributed by atoms with E-state index in [4.69, 9.17) is 23.7 Å². The van der Waals surface area contributed by atoms with Crippen LogP contribution in [-0.2, 0) is 23.7 Å². The van der Waals surface area contributed by atoms with Crippen LogP contribution < -0.4 is 0 Å². The Morgan fingerprint density at radius 1 is 0.889 bits per heavy atom. The zero-order valence-electron chi connectivity index (χ0n) is 33.9. The van der Waals surface area contributed by atoms with Crippen molar-refractivity contribution in [2.24, 2.45) is 45.3 Å². The van der Waals surface area contributed by atoms with Crippen molar-refractivity contribution in [3.05, 3.63) is 23.3 Å². The number of fused-ring (bicyclic) bond motifs is 5. The van der Waals surface area contributed by atoms with E-state index in [1.54, 1.807) is 7.11 Å². The summed E-state index contributed by atoms with van der Waals surface area (Å²) in [6.07, 6.45) is -1.70.